The van der Waals surface area contributed by atoms with Crippen molar-refractivity contribution >= 4 is 21.7 Å². The van der Waals surface area contributed by atoms with Crippen molar-refractivity contribution in [3.8, 4) is 0 Å². The third kappa shape index (κ3) is 1.23. The van der Waals surface area contributed by atoms with E-state index >= 15 is 0 Å². The zero-order chi connectivity index (χ0) is 12.4. The summed E-state index contributed by atoms with van der Waals surface area (Å²) in [6, 6.07) is 0. The van der Waals surface area contributed by atoms with E-state index in [9.17, 15) is 18.0 Å². The molecule has 90 valence electrons. The summed E-state index contributed by atoms with van der Waals surface area (Å²) in [6.07, 6.45) is 0.905. The summed E-state index contributed by atoms with van der Waals surface area (Å²) in [5.41, 5.74) is -1.88. The minimum absolute atomic E-state index is 0.370. The summed E-state index contributed by atoms with van der Waals surface area (Å²) >= 11 is 0. The molecule has 0 radical (unpaired) electrons. The van der Waals surface area contributed by atoms with Crippen LogP contribution in [0.5, 0.6) is 0 Å². The van der Waals surface area contributed by atoms with Crippen molar-refractivity contribution in [3.63, 3.8) is 0 Å². The quantitative estimate of drug-likeness (QED) is 0.564. The molecule has 16 heavy (non-hydrogen) atoms. The summed E-state index contributed by atoms with van der Waals surface area (Å²) < 4.78 is 30.9. The number of carbonyl (C=O) groups is 2. The van der Waals surface area contributed by atoms with E-state index in [-0.39, 0.29) is 5.92 Å². The zero-order valence-corrected chi connectivity index (χ0v) is 10.0. The number of hydrogen-bond acceptors (Lipinski definition) is 4. The molecule has 0 heterocycles. The van der Waals surface area contributed by atoms with E-state index in [0.717, 1.165) is 0 Å². The molecule has 0 spiro atoms. The van der Waals surface area contributed by atoms with Crippen molar-refractivity contribution in [3.05, 3.63) is 0 Å². The number of ketones is 2. The molecule has 0 aromatic rings. The fourth-order valence-electron chi connectivity index (χ4n) is 3.30. The van der Waals surface area contributed by atoms with Gasteiger partial charge in [0.05, 0.1) is 11.2 Å². The third-order valence-corrected chi connectivity index (χ3v) is 5.23. The van der Waals surface area contributed by atoms with Crippen molar-refractivity contribution in [2.75, 3.05) is 5.75 Å². The summed E-state index contributed by atoms with van der Waals surface area (Å²) in [5.74, 6) is -2.11. The number of hydrogen-bond donors (Lipinski definition) is 1. The van der Waals surface area contributed by atoms with E-state index in [0.29, 0.717) is 12.8 Å². The molecule has 6 heteroatoms. The Kier molecular flexibility index (Phi) is 2.14. The second-order valence-corrected chi connectivity index (χ2v) is 6.77. The van der Waals surface area contributed by atoms with E-state index in [1.807, 2.05) is 0 Å². The lowest BCUT2D eigenvalue weighted by atomic mass is 9.70. The summed E-state index contributed by atoms with van der Waals surface area (Å²) in [4.78, 5) is 23.5. The first-order valence-electron chi connectivity index (χ1n) is 5.16. The highest BCUT2D eigenvalue weighted by atomic mass is 32.2. The Bertz CT molecular complexity index is 475. The van der Waals surface area contributed by atoms with Crippen LogP contribution in [0.15, 0.2) is 0 Å². The maximum absolute atomic E-state index is 11.9. The Morgan fingerprint density at radius 1 is 1.38 bits per heavy atom. The minimum Gasteiger partial charge on any atom is -0.291 e. The van der Waals surface area contributed by atoms with Crippen LogP contribution in [0.4, 0.5) is 0 Å². The molecule has 2 unspecified atom stereocenters. The predicted molar refractivity (Wildman–Crippen MR) is 55.4 cm³/mol. The molecular weight excluding hydrogens is 232 g/mol. The van der Waals surface area contributed by atoms with Crippen LogP contribution in [-0.4, -0.2) is 30.3 Å². The highest BCUT2D eigenvalue weighted by Gasteiger charge is 2.69. The highest BCUT2D eigenvalue weighted by molar-refractivity contribution is 7.85. The molecule has 2 rings (SSSR count). The third-order valence-electron chi connectivity index (χ3n) is 4.37. The topological polar surface area (TPSA) is 88.5 Å². The second kappa shape index (κ2) is 2.92. The molecule has 0 aliphatic heterocycles. The fourth-order valence-corrected chi connectivity index (χ4v) is 4.57. The van der Waals surface area contributed by atoms with Crippen molar-refractivity contribution in [2.24, 2.45) is 16.7 Å². The molecule has 0 amide bonds. The second-order valence-electron chi connectivity index (χ2n) is 5.31. The molecule has 2 atom stereocenters. The molecule has 5 nitrogen and oxygen atoms in total. The highest BCUT2D eigenvalue weighted by Crippen LogP contribution is 2.62. The van der Waals surface area contributed by atoms with Crippen LogP contribution in [0.1, 0.15) is 26.7 Å². The van der Waals surface area contributed by atoms with E-state index in [1.165, 1.54) is 0 Å². The number of Topliss-reactive ketones (excluding diaryl/α,β-unsaturated/α-hetero) is 2. The first-order valence-corrected chi connectivity index (χ1v) is 6.76. The normalized spacial score (nSPS) is 37.1. The lowest BCUT2D eigenvalue weighted by Crippen LogP contribution is -2.43. The maximum Gasteiger partial charge on any atom is 0.265 e. The van der Waals surface area contributed by atoms with Crippen molar-refractivity contribution < 1.29 is 22.6 Å². The first kappa shape index (κ1) is 11.7. The molecular formula is C10H14O5S. The van der Waals surface area contributed by atoms with Gasteiger partial charge in [-0.1, -0.05) is 13.8 Å². The average molecular weight is 246 g/mol. The van der Waals surface area contributed by atoms with Gasteiger partial charge in [0.1, 0.15) is 0 Å². The van der Waals surface area contributed by atoms with Gasteiger partial charge in [0.25, 0.3) is 10.1 Å². The lowest BCUT2D eigenvalue weighted by Gasteiger charge is -2.34. The van der Waals surface area contributed by atoms with E-state index in [1.54, 1.807) is 13.8 Å². The van der Waals surface area contributed by atoms with Crippen LogP contribution >= 0.6 is 0 Å². The van der Waals surface area contributed by atoms with Crippen molar-refractivity contribution in [2.45, 2.75) is 26.7 Å². The molecule has 0 aromatic heterocycles. The predicted octanol–water partition coefficient (Wildman–Crippen LogP) is 0.449. The minimum atomic E-state index is -4.25. The maximum atomic E-state index is 11.9. The van der Waals surface area contributed by atoms with Gasteiger partial charge in [0.2, 0.25) is 11.6 Å². The Balaban J connectivity index is 2.54. The largest absolute Gasteiger partial charge is 0.291 e. The van der Waals surface area contributed by atoms with Crippen molar-refractivity contribution in [1.82, 2.24) is 0 Å². The average Bonchev–Trinajstić information content (AvgIpc) is 2.39. The molecule has 2 aliphatic rings. The first-order chi connectivity index (χ1) is 7.12. The van der Waals surface area contributed by atoms with Crippen LogP contribution in [-0.2, 0) is 19.7 Å². The summed E-state index contributed by atoms with van der Waals surface area (Å²) in [6.45, 7) is 3.47. The molecule has 2 aliphatic carbocycles. The van der Waals surface area contributed by atoms with E-state index in [2.05, 4.69) is 0 Å². The molecule has 2 fully saturated rings. The van der Waals surface area contributed by atoms with Crippen LogP contribution < -0.4 is 0 Å². The van der Waals surface area contributed by atoms with E-state index in [4.69, 9.17) is 4.55 Å². The SMILES string of the molecule is CC1(C)C2CCC1(CS(=O)(=O)O)C(=O)C2=O. The molecule has 0 aromatic carbocycles. The molecule has 2 saturated carbocycles. The van der Waals surface area contributed by atoms with Gasteiger partial charge in [0, 0.05) is 5.92 Å². The number of carbonyl (C=O) groups excluding carboxylic acids is 2. The van der Waals surface area contributed by atoms with Crippen LogP contribution in [0.3, 0.4) is 0 Å². The number of fused-ring (bicyclic) bond motifs is 2. The fraction of sp³-hybridized carbons (Fsp3) is 0.800. The lowest BCUT2D eigenvalue weighted by molar-refractivity contribution is -0.141. The van der Waals surface area contributed by atoms with Gasteiger partial charge in [0.15, 0.2) is 0 Å². The standard InChI is InChI=1S/C10H14O5S/c1-9(2)6-3-4-10(9,5-16(13,14)15)8(12)7(6)11/h6H,3-5H2,1-2H3,(H,13,14,15). The van der Waals surface area contributed by atoms with Gasteiger partial charge in [-0.25, -0.2) is 0 Å². The number of rotatable bonds is 2. The molecule has 2 bridgehead atoms. The van der Waals surface area contributed by atoms with Crippen LogP contribution in [0, 0.1) is 16.7 Å². The van der Waals surface area contributed by atoms with Crippen LogP contribution in [0.2, 0.25) is 0 Å². The Labute approximate surface area is 94.0 Å². The Hall–Kier alpha value is -0.750. The zero-order valence-electron chi connectivity index (χ0n) is 9.19. The van der Waals surface area contributed by atoms with Gasteiger partial charge in [-0.2, -0.15) is 8.42 Å². The van der Waals surface area contributed by atoms with Gasteiger partial charge in [-0.3, -0.25) is 14.1 Å². The van der Waals surface area contributed by atoms with E-state index < -0.39 is 38.3 Å². The van der Waals surface area contributed by atoms with Gasteiger partial charge < -0.3 is 0 Å². The van der Waals surface area contributed by atoms with Gasteiger partial charge >= 0.3 is 0 Å². The Morgan fingerprint density at radius 3 is 2.31 bits per heavy atom. The Morgan fingerprint density at radius 2 is 1.94 bits per heavy atom. The monoisotopic (exact) mass is 246 g/mol. The smallest absolute Gasteiger partial charge is 0.265 e. The molecule has 0 saturated heterocycles. The summed E-state index contributed by atoms with van der Waals surface area (Å²) in [5, 5.41) is 0. The summed E-state index contributed by atoms with van der Waals surface area (Å²) in [7, 11) is -4.25. The van der Waals surface area contributed by atoms with Gasteiger partial charge in [-0.15, -0.1) is 0 Å². The van der Waals surface area contributed by atoms with Crippen molar-refractivity contribution in [1.29, 1.82) is 0 Å². The molecule has 1 N–H and O–H groups in total. The van der Waals surface area contributed by atoms with Gasteiger partial charge in [-0.05, 0) is 18.3 Å². The van der Waals surface area contributed by atoms with Crippen LogP contribution in [0.25, 0.3) is 0 Å².